The lowest BCUT2D eigenvalue weighted by Crippen LogP contribution is -2.25. The smallest absolute Gasteiger partial charge is 0.261 e. The molecule has 8 nitrogen and oxygen atoms in total. The lowest BCUT2D eigenvalue weighted by Gasteiger charge is -2.10. The van der Waals surface area contributed by atoms with Crippen molar-refractivity contribution in [3.8, 4) is 0 Å². The maximum Gasteiger partial charge on any atom is 0.261 e. The molecule has 0 unspecified atom stereocenters. The van der Waals surface area contributed by atoms with Crippen LogP contribution in [0.3, 0.4) is 0 Å². The van der Waals surface area contributed by atoms with Crippen LogP contribution in [0.25, 0.3) is 5.65 Å². The number of sulfonamides is 1. The number of halogens is 1. The van der Waals surface area contributed by atoms with Gasteiger partial charge in [0.25, 0.3) is 15.9 Å². The Bertz CT molecular complexity index is 1420. The van der Waals surface area contributed by atoms with Gasteiger partial charge in [-0.05, 0) is 61.7 Å². The van der Waals surface area contributed by atoms with Crippen LogP contribution in [0.15, 0.2) is 71.9 Å². The van der Waals surface area contributed by atoms with Crippen molar-refractivity contribution in [3.63, 3.8) is 0 Å². The van der Waals surface area contributed by atoms with E-state index in [0.717, 1.165) is 35.5 Å². The van der Waals surface area contributed by atoms with E-state index in [1.165, 1.54) is 24.3 Å². The first kappa shape index (κ1) is 22.4. The normalized spacial score (nSPS) is 11.5. The van der Waals surface area contributed by atoms with Crippen LogP contribution in [0.5, 0.6) is 0 Å². The summed E-state index contributed by atoms with van der Waals surface area (Å²) in [5.74, 6) is -0.973. The average molecular weight is 468 g/mol. The predicted octanol–water partition coefficient (Wildman–Crippen LogP) is 3.34. The zero-order valence-electron chi connectivity index (χ0n) is 17.8. The molecule has 2 aromatic heterocycles. The van der Waals surface area contributed by atoms with E-state index in [2.05, 4.69) is 20.1 Å². The third kappa shape index (κ3) is 5.53. The molecule has 33 heavy (non-hydrogen) atoms. The predicted molar refractivity (Wildman–Crippen MR) is 122 cm³/mol. The van der Waals surface area contributed by atoms with Crippen molar-refractivity contribution in [2.45, 2.75) is 24.7 Å². The molecule has 0 aliphatic rings. The van der Waals surface area contributed by atoms with Gasteiger partial charge in [-0.25, -0.2) is 22.3 Å². The number of nitrogens with zero attached hydrogens (tertiary/aromatic N) is 3. The molecule has 4 rings (SSSR count). The van der Waals surface area contributed by atoms with Gasteiger partial charge in [-0.3, -0.25) is 9.52 Å². The molecule has 1 amide bonds. The van der Waals surface area contributed by atoms with Crippen molar-refractivity contribution >= 4 is 27.3 Å². The van der Waals surface area contributed by atoms with Crippen molar-refractivity contribution in [2.75, 3.05) is 11.3 Å². The average Bonchev–Trinajstić information content (AvgIpc) is 3.16. The minimum Gasteiger partial charge on any atom is -0.352 e. The van der Waals surface area contributed by atoms with Crippen LogP contribution in [-0.4, -0.2) is 35.5 Å². The lowest BCUT2D eigenvalue weighted by molar-refractivity contribution is 0.0953. The number of carbonyl (C=O) groups is 1. The van der Waals surface area contributed by atoms with Crippen molar-refractivity contribution in [1.29, 1.82) is 0 Å². The van der Waals surface area contributed by atoms with Gasteiger partial charge in [-0.1, -0.05) is 12.1 Å². The lowest BCUT2D eigenvalue weighted by atomic mass is 10.1. The van der Waals surface area contributed by atoms with Crippen LogP contribution in [0.1, 0.15) is 28.0 Å². The molecule has 0 saturated heterocycles. The van der Waals surface area contributed by atoms with Gasteiger partial charge in [-0.2, -0.15) is 5.10 Å². The van der Waals surface area contributed by atoms with Gasteiger partial charge in [0.1, 0.15) is 5.82 Å². The minimum absolute atomic E-state index is 0.199. The number of benzene rings is 2. The summed E-state index contributed by atoms with van der Waals surface area (Å²) in [7, 11) is -3.98. The van der Waals surface area contributed by atoms with Crippen molar-refractivity contribution < 1.29 is 17.6 Å². The summed E-state index contributed by atoms with van der Waals surface area (Å²) in [6.45, 7) is 2.35. The summed E-state index contributed by atoms with van der Waals surface area (Å²) in [6.07, 6.45) is 5.14. The number of aromatic nitrogens is 3. The molecule has 2 heterocycles. The number of rotatable bonds is 8. The Kier molecular flexibility index (Phi) is 6.36. The van der Waals surface area contributed by atoms with E-state index in [4.69, 9.17) is 0 Å². The maximum atomic E-state index is 13.4. The van der Waals surface area contributed by atoms with Gasteiger partial charge in [0.15, 0.2) is 5.65 Å². The summed E-state index contributed by atoms with van der Waals surface area (Å²) in [5, 5.41) is 7.18. The molecule has 2 aromatic carbocycles. The van der Waals surface area contributed by atoms with Gasteiger partial charge in [0.2, 0.25) is 0 Å². The van der Waals surface area contributed by atoms with Crippen LogP contribution >= 0.6 is 0 Å². The second-order valence-electron chi connectivity index (χ2n) is 7.55. The molecule has 0 spiro atoms. The van der Waals surface area contributed by atoms with Gasteiger partial charge < -0.3 is 5.32 Å². The van der Waals surface area contributed by atoms with Crippen molar-refractivity contribution in [1.82, 2.24) is 19.9 Å². The summed E-state index contributed by atoms with van der Waals surface area (Å²) >= 11 is 0. The summed E-state index contributed by atoms with van der Waals surface area (Å²) in [6, 6.07) is 12.7. The monoisotopic (exact) mass is 467 g/mol. The second-order valence-corrected chi connectivity index (χ2v) is 9.24. The number of anilines is 1. The third-order valence-corrected chi connectivity index (χ3v) is 6.28. The summed E-state index contributed by atoms with van der Waals surface area (Å²) in [5.41, 5.74) is 3.21. The topological polar surface area (TPSA) is 105 Å². The molecule has 0 bridgehead atoms. The number of fused-ring (bicyclic) bond motifs is 1. The van der Waals surface area contributed by atoms with Gasteiger partial charge in [0.05, 0.1) is 10.6 Å². The first-order valence-electron chi connectivity index (χ1n) is 10.3. The van der Waals surface area contributed by atoms with Gasteiger partial charge in [0, 0.05) is 36.3 Å². The van der Waals surface area contributed by atoms with E-state index in [9.17, 15) is 17.6 Å². The Morgan fingerprint density at radius 2 is 1.94 bits per heavy atom. The molecular weight excluding hydrogens is 445 g/mol. The van der Waals surface area contributed by atoms with E-state index in [1.807, 2.05) is 19.2 Å². The van der Waals surface area contributed by atoms with E-state index in [-0.39, 0.29) is 16.5 Å². The highest BCUT2D eigenvalue weighted by Crippen LogP contribution is 2.18. The largest absolute Gasteiger partial charge is 0.352 e. The first-order valence-corrected chi connectivity index (χ1v) is 11.8. The van der Waals surface area contributed by atoms with E-state index in [1.54, 1.807) is 22.8 Å². The summed E-state index contributed by atoms with van der Waals surface area (Å²) < 4.78 is 42.4. The molecule has 0 aliphatic heterocycles. The van der Waals surface area contributed by atoms with Crippen molar-refractivity contribution in [2.24, 2.45) is 0 Å². The summed E-state index contributed by atoms with van der Waals surface area (Å²) in [4.78, 5) is 16.7. The van der Waals surface area contributed by atoms with E-state index in [0.29, 0.717) is 18.5 Å². The minimum atomic E-state index is -3.98. The van der Waals surface area contributed by atoms with Crippen LogP contribution in [-0.2, 0) is 16.4 Å². The molecule has 0 fully saturated rings. The number of carbonyl (C=O) groups excluding carboxylic acids is 1. The second kappa shape index (κ2) is 9.37. The van der Waals surface area contributed by atoms with Crippen LogP contribution < -0.4 is 10.0 Å². The Hall–Kier alpha value is -3.79. The fraction of sp³-hybridized carbons (Fsp3) is 0.174. The molecule has 2 N–H and O–H groups in total. The number of hydrogen-bond acceptors (Lipinski definition) is 5. The number of hydrogen-bond donors (Lipinski definition) is 2. The third-order valence-electron chi connectivity index (χ3n) is 4.90. The molecule has 0 radical (unpaired) electrons. The van der Waals surface area contributed by atoms with E-state index >= 15 is 0 Å². The fourth-order valence-electron chi connectivity index (χ4n) is 3.33. The molecule has 10 heteroatoms. The highest BCUT2D eigenvalue weighted by molar-refractivity contribution is 7.92. The highest BCUT2D eigenvalue weighted by atomic mass is 32.2. The van der Waals surface area contributed by atoms with Gasteiger partial charge >= 0.3 is 0 Å². The first-order chi connectivity index (χ1) is 15.8. The molecule has 0 aliphatic carbocycles. The Labute approximate surface area is 190 Å². The zero-order chi connectivity index (χ0) is 23.4. The van der Waals surface area contributed by atoms with Crippen molar-refractivity contribution in [3.05, 3.63) is 89.6 Å². The van der Waals surface area contributed by atoms with Crippen LogP contribution in [0.4, 0.5) is 10.1 Å². The highest BCUT2D eigenvalue weighted by Gasteiger charge is 2.16. The molecule has 0 atom stereocenters. The molecular formula is C23H22FN5O3S. The maximum absolute atomic E-state index is 13.4. The number of aryl methyl sites for hydroxylation is 2. The van der Waals surface area contributed by atoms with Crippen LogP contribution in [0, 0.1) is 12.7 Å². The molecule has 0 saturated carbocycles. The number of nitrogens with one attached hydrogen (secondary N) is 2. The Balaban J connectivity index is 1.33. The SMILES string of the molecule is Cc1cc2ncc(CCCNC(=O)c3cccc(NS(=O)(=O)c4cccc(F)c4)c3)cn2n1. The van der Waals surface area contributed by atoms with E-state index < -0.39 is 15.8 Å². The quantitative estimate of drug-likeness (QED) is 0.387. The molecule has 4 aromatic rings. The van der Waals surface area contributed by atoms with Crippen LogP contribution in [0.2, 0.25) is 0 Å². The number of amides is 1. The Morgan fingerprint density at radius 1 is 1.12 bits per heavy atom. The molecule has 170 valence electrons. The standard InChI is InChI=1S/C23H22FN5O3S/c1-16-11-22-26-14-17(15-29(22)27-16)5-4-10-25-23(30)18-6-2-8-20(12-18)28-33(31,32)21-9-3-7-19(24)13-21/h2-3,6-9,11-15,28H,4-5,10H2,1H3,(H,25,30). The van der Waals surface area contributed by atoms with Gasteiger partial charge in [-0.15, -0.1) is 0 Å². The Morgan fingerprint density at radius 3 is 2.76 bits per heavy atom. The zero-order valence-corrected chi connectivity index (χ0v) is 18.6. The fourth-order valence-corrected chi connectivity index (χ4v) is 4.41.